The fraction of sp³-hybridized carbons (Fsp3) is 0. The minimum atomic E-state index is 0. The van der Waals surface area contributed by atoms with E-state index in [1.807, 2.05) is 0 Å². The smallest absolute Gasteiger partial charge is 0 e. The summed E-state index contributed by atoms with van der Waals surface area (Å²) in [7, 11) is 0. The summed E-state index contributed by atoms with van der Waals surface area (Å²) in [5, 5.41) is 0. The third kappa shape index (κ3) is 77.3. The average Bonchev–Trinajstić information content (AvgIpc) is 1.00. The molecule has 0 rings (SSSR count). The van der Waals surface area contributed by atoms with Crippen LogP contribution in [0.3, 0.4) is 0 Å². The maximum Gasteiger partial charge on any atom is 0 e. The van der Waals surface area contributed by atoms with Gasteiger partial charge in [0.05, 0.1) is 0 Å². The van der Waals surface area contributed by atoms with E-state index in [2.05, 4.69) is 11.7 Å². The molecule has 0 bridgehead atoms. The summed E-state index contributed by atoms with van der Waals surface area (Å²) < 4.78 is 0. The molecule has 2 nitrogen and oxygen atoms in total. The Labute approximate surface area is 60.2 Å². The largest absolute Gasteiger partial charge is 0.274 e. The van der Waals surface area contributed by atoms with Gasteiger partial charge in [-0.2, -0.15) is 0 Å². The standard InChI is InChI=1S/2FH.H4N2.2Zn/c;;1-2;;/h2*1H;1-2H2;;. The quantitative estimate of drug-likeness (QED) is 0.305. The predicted molar refractivity (Wildman–Crippen MR) is 13.4 cm³/mol. The Hall–Kier alpha value is 1.03. The van der Waals surface area contributed by atoms with Crippen LogP contribution in [0.5, 0.6) is 0 Å². The van der Waals surface area contributed by atoms with Crippen molar-refractivity contribution in [3.05, 3.63) is 0 Å². The number of hydrogen-bond donors (Lipinski definition) is 2. The molecule has 0 aromatic carbocycles. The van der Waals surface area contributed by atoms with Crippen molar-refractivity contribution >= 4 is 0 Å². The van der Waals surface area contributed by atoms with Crippen LogP contribution in [0.1, 0.15) is 0 Å². The summed E-state index contributed by atoms with van der Waals surface area (Å²) in [6.45, 7) is 0. The molecule has 0 aliphatic rings. The Morgan fingerprint density at radius 2 is 0.667 bits per heavy atom. The number of hydrogen-bond acceptors (Lipinski definition) is 2. The number of hydrazine groups is 1. The van der Waals surface area contributed by atoms with Gasteiger partial charge in [0.1, 0.15) is 0 Å². The van der Waals surface area contributed by atoms with Crippen LogP contribution in [0.4, 0.5) is 9.41 Å². The van der Waals surface area contributed by atoms with Gasteiger partial charge in [0.2, 0.25) is 0 Å². The van der Waals surface area contributed by atoms with Crippen LogP contribution in [-0.2, 0) is 39.0 Å². The Morgan fingerprint density at radius 1 is 0.667 bits per heavy atom. The third-order valence-corrected chi connectivity index (χ3v) is 0. The maximum atomic E-state index is 4.00. The number of halogens is 2. The van der Waals surface area contributed by atoms with E-state index in [4.69, 9.17) is 0 Å². The van der Waals surface area contributed by atoms with Crippen molar-refractivity contribution in [3.63, 3.8) is 0 Å². The second kappa shape index (κ2) is 144. The minimum Gasteiger partial charge on any atom is -0.274 e. The summed E-state index contributed by atoms with van der Waals surface area (Å²) in [6.07, 6.45) is 0. The first-order valence-corrected chi connectivity index (χ1v) is 0.333. The van der Waals surface area contributed by atoms with Gasteiger partial charge in [-0.05, 0) is 0 Å². The van der Waals surface area contributed by atoms with Crippen molar-refractivity contribution in [2.45, 2.75) is 0 Å². The SMILES string of the molecule is F.F.NN.[Zn].[Zn]. The summed E-state index contributed by atoms with van der Waals surface area (Å²) in [4.78, 5) is 0. The minimum absolute atomic E-state index is 0. The van der Waals surface area contributed by atoms with E-state index in [0.717, 1.165) is 0 Å². The summed E-state index contributed by atoms with van der Waals surface area (Å²) in [5.41, 5.74) is 0. The molecule has 0 heterocycles. The van der Waals surface area contributed by atoms with E-state index in [1.54, 1.807) is 0 Å². The second-order valence-corrected chi connectivity index (χ2v) is 0. The molecule has 0 fully saturated rings. The molecule has 0 aliphatic heterocycles. The number of nitrogens with two attached hydrogens (primary N) is 2. The molecular formula is H6F2N2Zn2. The summed E-state index contributed by atoms with van der Waals surface area (Å²) >= 11 is 0. The van der Waals surface area contributed by atoms with E-state index in [9.17, 15) is 0 Å². The molecule has 6 heavy (non-hydrogen) atoms. The van der Waals surface area contributed by atoms with Crippen molar-refractivity contribution in [1.82, 2.24) is 0 Å². The summed E-state index contributed by atoms with van der Waals surface area (Å²) in [5.74, 6) is 8.00. The molecule has 0 amide bonds. The Balaban J connectivity index is -0.000000000833. The maximum absolute atomic E-state index is 4.00. The van der Waals surface area contributed by atoms with Crippen LogP contribution in [0.25, 0.3) is 0 Å². The molecule has 4 N–H and O–H groups in total. The topological polar surface area (TPSA) is 52.0 Å². The summed E-state index contributed by atoms with van der Waals surface area (Å²) in [6, 6.07) is 0. The number of rotatable bonds is 0. The molecule has 0 aromatic heterocycles. The molecule has 0 spiro atoms. The van der Waals surface area contributed by atoms with Crippen molar-refractivity contribution in [2.24, 2.45) is 11.7 Å². The van der Waals surface area contributed by atoms with Gasteiger partial charge in [-0.1, -0.05) is 0 Å². The molecule has 0 saturated carbocycles. The average molecular weight is 203 g/mol. The van der Waals surface area contributed by atoms with E-state index in [1.165, 1.54) is 0 Å². The molecule has 0 radical (unpaired) electrons. The first-order valence-electron chi connectivity index (χ1n) is 0.333. The Morgan fingerprint density at radius 3 is 0.667 bits per heavy atom. The molecule has 0 aliphatic carbocycles. The monoisotopic (exact) mass is 200 g/mol. The van der Waals surface area contributed by atoms with Crippen LogP contribution in [0, 0.1) is 0 Å². The van der Waals surface area contributed by atoms with Gasteiger partial charge >= 0.3 is 0 Å². The van der Waals surface area contributed by atoms with E-state index < -0.39 is 0 Å². The van der Waals surface area contributed by atoms with E-state index >= 15 is 0 Å². The fourth-order valence-electron chi connectivity index (χ4n) is 0. The van der Waals surface area contributed by atoms with Gasteiger partial charge < -0.3 is 0 Å². The van der Waals surface area contributed by atoms with Crippen molar-refractivity contribution in [3.8, 4) is 0 Å². The molecule has 0 atom stereocenters. The van der Waals surface area contributed by atoms with Gasteiger partial charge in [-0.3, -0.25) is 21.1 Å². The zero-order valence-electron chi connectivity index (χ0n) is 3.39. The van der Waals surface area contributed by atoms with Crippen molar-refractivity contribution in [1.29, 1.82) is 0 Å². The third-order valence-electron chi connectivity index (χ3n) is 0. The van der Waals surface area contributed by atoms with Gasteiger partial charge in [-0.15, -0.1) is 0 Å². The first-order chi connectivity index (χ1) is 1.00. The van der Waals surface area contributed by atoms with E-state index in [0.29, 0.717) is 0 Å². The Kier molecular flexibility index (Phi) is 1500. The molecular weight excluding hydrogens is 197 g/mol. The zero-order valence-corrected chi connectivity index (χ0v) is 9.32. The van der Waals surface area contributed by atoms with Gasteiger partial charge in [0.25, 0.3) is 0 Å². The molecule has 0 saturated heterocycles. The van der Waals surface area contributed by atoms with Gasteiger partial charge in [-0.25, -0.2) is 0 Å². The van der Waals surface area contributed by atoms with E-state index in [-0.39, 0.29) is 48.4 Å². The molecule has 6 heteroatoms. The van der Waals surface area contributed by atoms with Crippen LogP contribution < -0.4 is 11.7 Å². The predicted octanol–water partition coefficient (Wildman–Crippen LogP) is -0.881. The van der Waals surface area contributed by atoms with Gasteiger partial charge in [0.15, 0.2) is 0 Å². The first kappa shape index (κ1) is 62.1. The molecule has 0 unspecified atom stereocenters. The Bertz CT molecular complexity index is 9.51. The van der Waals surface area contributed by atoms with Crippen LogP contribution in [-0.4, -0.2) is 0 Å². The fourth-order valence-corrected chi connectivity index (χ4v) is 0. The van der Waals surface area contributed by atoms with Crippen molar-refractivity contribution < 1.29 is 48.4 Å². The van der Waals surface area contributed by atoms with Crippen molar-refractivity contribution in [2.75, 3.05) is 0 Å². The van der Waals surface area contributed by atoms with Gasteiger partial charge in [0, 0.05) is 39.0 Å². The molecule has 0 aromatic rings. The van der Waals surface area contributed by atoms with Crippen LogP contribution in [0.15, 0.2) is 0 Å². The van der Waals surface area contributed by atoms with Crippen LogP contribution in [0.2, 0.25) is 0 Å². The second-order valence-electron chi connectivity index (χ2n) is 0. The zero-order chi connectivity index (χ0) is 2.00. The van der Waals surface area contributed by atoms with Crippen LogP contribution >= 0.6 is 0 Å². The molecule has 34 valence electrons. The normalized spacial score (nSPS) is 1.00.